The van der Waals surface area contributed by atoms with Crippen LogP contribution in [0.25, 0.3) is 0 Å². The van der Waals surface area contributed by atoms with Crippen molar-refractivity contribution in [3.8, 4) is 0 Å². The van der Waals surface area contributed by atoms with E-state index < -0.39 is 5.41 Å². The Labute approximate surface area is 162 Å². The van der Waals surface area contributed by atoms with E-state index >= 15 is 0 Å². The quantitative estimate of drug-likeness (QED) is 0.821. The smallest absolute Gasteiger partial charge is 0.255 e. The fourth-order valence-corrected chi connectivity index (χ4v) is 3.85. The molecule has 3 rings (SSSR count). The van der Waals surface area contributed by atoms with Crippen LogP contribution >= 0.6 is 15.9 Å². The SMILES string of the molecule is CC1(C(=O)NCc2ccccc2)CCCN(C(=O)c2ccccc2Br)C1. The molecule has 0 bridgehead atoms. The summed E-state index contributed by atoms with van der Waals surface area (Å²) in [6.07, 6.45) is 1.61. The molecule has 136 valence electrons. The molecule has 0 saturated carbocycles. The zero-order valence-corrected chi connectivity index (χ0v) is 16.5. The Morgan fingerprint density at radius 3 is 2.54 bits per heavy atom. The Bertz CT molecular complexity index is 794. The maximum Gasteiger partial charge on any atom is 0.255 e. The molecule has 1 aliphatic heterocycles. The fourth-order valence-electron chi connectivity index (χ4n) is 3.39. The molecule has 26 heavy (non-hydrogen) atoms. The fraction of sp³-hybridized carbons (Fsp3) is 0.333. The van der Waals surface area contributed by atoms with Crippen LogP contribution < -0.4 is 5.32 Å². The number of carbonyl (C=O) groups is 2. The third-order valence-electron chi connectivity index (χ3n) is 4.93. The molecular formula is C21H23BrN2O2. The summed E-state index contributed by atoms with van der Waals surface area (Å²) in [5.41, 5.74) is 1.15. The summed E-state index contributed by atoms with van der Waals surface area (Å²) < 4.78 is 0.783. The molecule has 1 saturated heterocycles. The van der Waals surface area contributed by atoms with E-state index in [2.05, 4.69) is 21.2 Å². The first-order valence-corrected chi connectivity index (χ1v) is 9.65. The Morgan fingerprint density at radius 2 is 1.81 bits per heavy atom. The topological polar surface area (TPSA) is 49.4 Å². The molecule has 4 nitrogen and oxygen atoms in total. The third kappa shape index (κ3) is 4.15. The zero-order valence-electron chi connectivity index (χ0n) is 14.9. The maximum absolute atomic E-state index is 12.9. The summed E-state index contributed by atoms with van der Waals surface area (Å²) in [5.74, 6) is -0.0229. The van der Waals surface area contributed by atoms with Crippen LogP contribution in [0.4, 0.5) is 0 Å². The average molecular weight is 415 g/mol. The summed E-state index contributed by atoms with van der Waals surface area (Å²) in [6.45, 7) is 3.58. The van der Waals surface area contributed by atoms with Gasteiger partial charge in [-0.2, -0.15) is 0 Å². The van der Waals surface area contributed by atoms with Gasteiger partial charge >= 0.3 is 0 Å². The maximum atomic E-state index is 12.9. The molecule has 2 amide bonds. The second-order valence-corrected chi connectivity index (χ2v) is 7.89. The molecule has 1 unspecified atom stereocenters. The summed E-state index contributed by atoms with van der Waals surface area (Å²) in [7, 11) is 0. The van der Waals surface area contributed by atoms with Gasteiger partial charge in [-0.25, -0.2) is 0 Å². The first-order chi connectivity index (χ1) is 12.5. The number of benzene rings is 2. The van der Waals surface area contributed by atoms with E-state index in [1.807, 2.05) is 61.5 Å². The number of piperidine rings is 1. The third-order valence-corrected chi connectivity index (χ3v) is 5.62. The van der Waals surface area contributed by atoms with Crippen molar-refractivity contribution < 1.29 is 9.59 Å². The Hall–Kier alpha value is -2.14. The van der Waals surface area contributed by atoms with Crippen molar-refractivity contribution in [3.63, 3.8) is 0 Å². The first kappa shape index (κ1) is 18.6. The Balaban J connectivity index is 1.67. The summed E-state index contributed by atoms with van der Waals surface area (Å²) >= 11 is 3.44. The predicted octanol–water partition coefficient (Wildman–Crippen LogP) is 4.01. The Kier molecular flexibility index (Phi) is 5.77. The van der Waals surface area contributed by atoms with Crippen molar-refractivity contribution in [2.45, 2.75) is 26.3 Å². The summed E-state index contributed by atoms with van der Waals surface area (Å²) in [6, 6.07) is 17.3. The van der Waals surface area contributed by atoms with Crippen LogP contribution in [-0.2, 0) is 11.3 Å². The number of rotatable bonds is 4. The van der Waals surface area contributed by atoms with Gasteiger partial charge in [-0.1, -0.05) is 42.5 Å². The number of nitrogens with zero attached hydrogens (tertiary/aromatic N) is 1. The van der Waals surface area contributed by atoms with Gasteiger partial charge < -0.3 is 10.2 Å². The van der Waals surface area contributed by atoms with E-state index in [1.165, 1.54) is 0 Å². The number of hydrogen-bond acceptors (Lipinski definition) is 2. The van der Waals surface area contributed by atoms with Crippen LogP contribution in [0.1, 0.15) is 35.7 Å². The van der Waals surface area contributed by atoms with E-state index in [-0.39, 0.29) is 11.8 Å². The van der Waals surface area contributed by atoms with E-state index in [9.17, 15) is 9.59 Å². The molecule has 1 atom stereocenters. The molecule has 1 N–H and O–H groups in total. The normalized spacial score (nSPS) is 19.8. The largest absolute Gasteiger partial charge is 0.351 e. The van der Waals surface area contributed by atoms with E-state index in [4.69, 9.17) is 0 Å². The zero-order chi connectivity index (χ0) is 18.6. The number of likely N-dealkylation sites (tertiary alicyclic amines) is 1. The van der Waals surface area contributed by atoms with Crippen LogP contribution in [0, 0.1) is 5.41 Å². The minimum atomic E-state index is -0.566. The average Bonchev–Trinajstić information content (AvgIpc) is 2.67. The van der Waals surface area contributed by atoms with Crippen molar-refractivity contribution in [1.29, 1.82) is 0 Å². The van der Waals surface area contributed by atoms with Crippen LogP contribution in [-0.4, -0.2) is 29.8 Å². The molecule has 1 fully saturated rings. The number of halogens is 1. The molecule has 0 aliphatic carbocycles. The highest BCUT2D eigenvalue weighted by Crippen LogP contribution is 2.31. The molecule has 2 aromatic rings. The summed E-state index contributed by atoms with van der Waals surface area (Å²) in [5, 5.41) is 3.03. The van der Waals surface area contributed by atoms with Gasteiger partial charge in [0.15, 0.2) is 0 Å². The molecule has 0 spiro atoms. The second kappa shape index (κ2) is 8.04. The van der Waals surface area contributed by atoms with Crippen molar-refractivity contribution in [3.05, 3.63) is 70.2 Å². The monoisotopic (exact) mass is 414 g/mol. The highest BCUT2D eigenvalue weighted by molar-refractivity contribution is 9.10. The van der Waals surface area contributed by atoms with Crippen molar-refractivity contribution in [1.82, 2.24) is 10.2 Å². The summed E-state index contributed by atoms with van der Waals surface area (Å²) in [4.78, 5) is 27.5. The Morgan fingerprint density at radius 1 is 1.12 bits per heavy atom. The minimum absolute atomic E-state index is 0.00554. The number of carbonyl (C=O) groups excluding carboxylic acids is 2. The molecule has 1 heterocycles. The molecule has 1 aliphatic rings. The lowest BCUT2D eigenvalue weighted by Crippen LogP contribution is -2.51. The van der Waals surface area contributed by atoms with Gasteiger partial charge in [-0.3, -0.25) is 9.59 Å². The number of nitrogens with one attached hydrogen (secondary N) is 1. The standard InChI is InChI=1S/C21H23BrN2O2/c1-21(20(26)23-14-16-8-3-2-4-9-16)12-7-13-24(15-21)19(25)17-10-5-6-11-18(17)22/h2-6,8-11H,7,12-15H2,1H3,(H,23,26). The van der Waals surface area contributed by atoms with Gasteiger partial charge in [0, 0.05) is 24.1 Å². The van der Waals surface area contributed by atoms with Crippen molar-refractivity contribution >= 4 is 27.7 Å². The molecule has 5 heteroatoms. The van der Waals surface area contributed by atoms with Crippen LogP contribution in [0.2, 0.25) is 0 Å². The number of hydrogen-bond donors (Lipinski definition) is 1. The van der Waals surface area contributed by atoms with Crippen LogP contribution in [0.5, 0.6) is 0 Å². The van der Waals surface area contributed by atoms with Gasteiger partial charge in [-0.05, 0) is 53.4 Å². The lowest BCUT2D eigenvalue weighted by Gasteiger charge is -2.39. The van der Waals surface area contributed by atoms with Crippen LogP contribution in [0.3, 0.4) is 0 Å². The lowest BCUT2D eigenvalue weighted by atomic mass is 9.80. The van der Waals surface area contributed by atoms with Crippen molar-refractivity contribution in [2.75, 3.05) is 13.1 Å². The van der Waals surface area contributed by atoms with Gasteiger partial charge in [0.05, 0.1) is 11.0 Å². The molecular weight excluding hydrogens is 392 g/mol. The van der Waals surface area contributed by atoms with E-state index in [1.54, 1.807) is 4.90 Å². The molecule has 0 aromatic heterocycles. The van der Waals surface area contributed by atoms with Crippen LogP contribution in [0.15, 0.2) is 59.1 Å². The minimum Gasteiger partial charge on any atom is -0.351 e. The highest BCUT2D eigenvalue weighted by Gasteiger charge is 2.39. The van der Waals surface area contributed by atoms with E-state index in [0.717, 1.165) is 22.9 Å². The predicted molar refractivity (Wildman–Crippen MR) is 106 cm³/mol. The van der Waals surface area contributed by atoms with Gasteiger partial charge in [0.2, 0.25) is 5.91 Å². The molecule has 2 aromatic carbocycles. The van der Waals surface area contributed by atoms with Gasteiger partial charge in [-0.15, -0.1) is 0 Å². The van der Waals surface area contributed by atoms with Crippen molar-refractivity contribution in [2.24, 2.45) is 5.41 Å². The number of amides is 2. The van der Waals surface area contributed by atoms with Gasteiger partial charge in [0.1, 0.15) is 0 Å². The van der Waals surface area contributed by atoms with Gasteiger partial charge in [0.25, 0.3) is 5.91 Å². The van der Waals surface area contributed by atoms with E-state index in [0.29, 0.717) is 25.2 Å². The lowest BCUT2D eigenvalue weighted by molar-refractivity contribution is -0.132. The first-order valence-electron chi connectivity index (χ1n) is 8.86. The molecule has 0 radical (unpaired) electrons. The highest BCUT2D eigenvalue weighted by atomic mass is 79.9. The second-order valence-electron chi connectivity index (χ2n) is 7.04.